The van der Waals surface area contributed by atoms with Gasteiger partial charge < -0.3 is 10.0 Å². The normalized spacial score (nSPS) is 20.6. The van der Waals surface area contributed by atoms with E-state index in [-0.39, 0.29) is 24.2 Å². The number of amides is 1. The molecule has 0 aromatic heterocycles. The molecule has 1 amide bonds. The lowest BCUT2D eigenvalue weighted by Crippen LogP contribution is -2.25. The second-order valence-electron chi connectivity index (χ2n) is 4.19. The summed E-state index contributed by atoms with van der Waals surface area (Å²) in [5, 5.41) is 9.02. The number of aliphatic hydroxyl groups is 1. The smallest absolute Gasteiger partial charge is 0.227 e. The minimum absolute atomic E-state index is 0.00282. The van der Waals surface area contributed by atoms with Crippen molar-refractivity contribution >= 4 is 11.6 Å². The summed E-state index contributed by atoms with van der Waals surface area (Å²) < 4.78 is 12.9. The van der Waals surface area contributed by atoms with Gasteiger partial charge in [-0.1, -0.05) is 0 Å². The van der Waals surface area contributed by atoms with Crippen LogP contribution < -0.4 is 4.90 Å². The van der Waals surface area contributed by atoms with Crippen LogP contribution in [0.1, 0.15) is 12.0 Å². The predicted molar refractivity (Wildman–Crippen MR) is 58.7 cm³/mol. The first-order valence-corrected chi connectivity index (χ1v) is 5.29. The van der Waals surface area contributed by atoms with Crippen LogP contribution in [0.3, 0.4) is 0 Å². The molecule has 0 bridgehead atoms. The molecule has 0 spiro atoms. The summed E-state index contributed by atoms with van der Waals surface area (Å²) in [6.45, 7) is 2.31. The maximum absolute atomic E-state index is 12.9. The number of hydrogen-bond donors (Lipinski definition) is 1. The van der Waals surface area contributed by atoms with Crippen LogP contribution in [0.5, 0.6) is 0 Å². The zero-order chi connectivity index (χ0) is 11.7. The minimum Gasteiger partial charge on any atom is -0.396 e. The van der Waals surface area contributed by atoms with E-state index in [1.54, 1.807) is 17.9 Å². The Morgan fingerprint density at radius 2 is 2.31 bits per heavy atom. The van der Waals surface area contributed by atoms with Gasteiger partial charge in [0, 0.05) is 31.2 Å². The van der Waals surface area contributed by atoms with Gasteiger partial charge in [0.15, 0.2) is 0 Å². The van der Waals surface area contributed by atoms with E-state index in [1.807, 2.05) is 0 Å². The van der Waals surface area contributed by atoms with Crippen LogP contribution in [0.25, 0.3) is 0 Å². The number of aliphatic hydroxyl groups excluding tert-OH is 1. The summed E-state index contributed by atoms with van der Waals surface area (Å²) >= 11 is 0. The fourth-order valence-corrected chi connectivity index (χ4v) is 2.06. The maximum atomic E-state index is 12.9. The van der Waals surface area contributed by atoms with E-state index < -0.39 is 0 Å². The molecule has 16 heavy (non-hydrogen) atoms. The Balaban J connectivity index is 2.28. The fraction of sp³-hybridized carbons (Fsp3) is 0.417. The van der Waals surface area contributed by atoms with Crippen LogP contribution in [-0.2, 0) is 4.79 Å². The van der Waals surface area contributed by atoms with Gasteiger partial charge in [0.05, 0.1) is 0 Å². The summed E-state index contributed by atoms with van der Waals surface area (Å²) in [6.07, 6.45) is 0.368. The van der Waals surface area contributed by atoms with Crippen molar-refractivity contribution in [1.82, 2.24) is 0 Å². The number of hydrogen-bond acceptors (Lipinski definition) is 2. The highest BCUT2D eigenvalue weighted by Crippen LogP contribution is 2.27. The topological polar surface area (TPSA) is 40.5 Å². The van der Waals surface area contributed by atoms with Crippen molar-refractivity contribution in [2.24, 2.45) is 5.92 Å². The van der Waals surface area contributed by atoms with Crippen LogP contribution >= 0.6 is 0 Å². The third-order valence-electron chi connectivity index (χ3n) is 2.91. The zero-order valence-electron chi connectivity index (χ0n) is 9.11. The Morgan fingerprint density at radius 1 is 1.56 bits per heavy atom. The first kappa shape index (κ1) is 11.1. The molecule has 1 aliphatic heterocycles. The molecule has 1 aromatic rings. The molecular weight excluding hydrogens is 209 g/mol. The molecule has 1 saturated heterocycles. The van der Waals surface area contributed by atoms with E-state index >= 15 is 0 Å². The number of anilines is 1. The molecule has 1 aliphatic rings. The van der Waals surface area contributed by atoms with Crippen molar-refractivity contribution in [3.63, 3.8) is 0 Å². The zero-order valence-corrected chi connectivity index (χ0v) is 9.11. The van der Waals surface area contributed by atoms with Gasteiger partial charge in [0.1, 0.15) is 5.82 Å². The van der Waals surface area contributed by atoms with Crippen molar-refractivity contribution in [2.75, 3.05) is 18.1 Å². The Hall–Kier alpha value is -1.42. The highest BCUT2D eigenvalue weighted by atomic mass is 19.1. The van der Waals surface area contributed by atoms with Crippen molar-refractivity contribution < 1.29 is 14.3 Å². The molecule has 1 atom stereocenters. The first-order valence-electron chi connectivity index (χ1n) is 5.29. The van der Waals surface area contributed by atoms with Crippen molar-refractivity contribution in [1.29, 1.82) is 0 Å². The van der Waals surface area contributed by atoms with Gasteiger partial charge >= 0.3 is 0 Å². The lowest BCUT2D eigenvalue weighted by atomic mass is 10.1. The van der Waals surface area contributed by atoms with E-state index in [1.165, 1.54) is 12.1 Å². The molecule has 0 saturated carbocycles. The average molecular weight is 223 g/mol. The number of halogens is 1. The number of rotatable bonds is 2. The molecule has 4 heteroatoms. The van der Waals surface area contributed by atoms with Crippen LogP contribution in [0.2, 0.25) is 0 Å². The lowest BCUT2D eigenvalue weighted by Gasteiger charge is -2.18. The molecule has 0 aliphatic carbocycles. The summed E-state index contributed by atoms with van der Waals surface area (Å²) in [7, 11) is 0. The van der Waals surface area contributed by atoms with Gasteiger partial charge in [-0.3, -0.25) is 4.79 Å². The number of carbonyl (C=O) groups is 1. The molecule has 3 nitrogen and oxygen atoms in total. The Kier molecular flexibility index (Phi) is 2.92. The molecule has 2 rings (SSSR count). The number of benzene rings is 1. The van der Waals surface area contributed by atoms with Crippen molar-refractivity contribution in [2.45, 2.75) is 13.3 Å². The first-order chi connectivity index (χ1) is 7.61. The van der Waals surface area contributed by atoms with Gasteiger partial charge in [-0.25, -0.2) is 4.39 Å². The van der Waals surface area contributed by atoms with Crippen LogP contribution in [0.4, 0.5) is 10.1 Å². The Labute approximate surface area is 93.5 Å². The van der Waals surface area contributed by atoms with E-state index in [2.05, 4.69) is 0 Å². The van der Waals surface area contributed by atoms with Gasteiger partial charge in [-0.15, -0.1) is 0 Å². The van der Waals surface area contributed by atoms with Gasteiger partial charge in [-0.2, -0.15) is 0 Å². The fourth-order valence-electron chi connectivity index (χ4n) is 2.06. The average Bonchev–Trinajstić information content (AvgIpc) is 2.60. The molecule has 0 radical (unpaired) electrons. The van der Waals surface area contributed by atoms with Crippen LogP contribution in [0.15, 0.2) is 18.2 Å². The van der Waals surface area contributed by atoms with Crippen molar-refractivity contribution in [3.8, 4) is 0 Å². The number of nitrogens with zero attached hydrogens (tertiary/aromatic N) is 1. The summed E-state index contributed by atoms with van der Waals surface area (Å²) in [5.41, 5.74) is 1.48. The molecule has 86 valence electrons. The molecular formula is C12H14FNO2. The lowest BCUT2D eigenvalue weighted by molar-refractivity contribution is -0.117. The van der Waals surface area contributed by atoms with Gasteiger partial charge in [0.2, 0.25) is 5.91 Å². The maximum Gasteiger partial charge on any atom is 0.227 e. The van der Waals surface area contributed by atoms with Gasteiger partial charge in [-0.05, 0) is 30.7 Å². The van der Waals surface area contributed by atoms with Crippen molar-refractivity contribution in [3.05, 3.63) is 29.6 Å². The highest BCUT2D eigenvalue weighted by Gasteiger charge is 2.30. The minimum atomic E-state index is -0.299. The van der Waals surface area contributed by atoms with Gasteiger partial charge in [0.25, 0.3) is 0 Å². The Morgan fingerprint density at radius 3 is 2.88 bits per heavy atom. The predicted octanol–water partition coefficient (Wildman–Crippen LogP) is 1.48. The largest absolute Gasteiger partial charge is 0.396 e. The Bertz CT molecular complexity index is 419. The molecule has 1 aromatic carbocycles. The van der Waals surface area contributed by atoms with E-state index in [0.717, 1.165) is 11.3 Å². The summed E-state index contributed by atoms with van der Waals surface area (Å²) in [4.78, 5) is 13.3. The standard InChI is InChI=1S/C12H14FNO2/c1-8-4-10(13)2-3-11(8)14-6-9(7-15)5-12(14)16/h2-4,9,15H,5-7H2,1H3. The third kappa shape index (κ3) is 1.93. The quantitative estimate of drug-likeness (QED) is 0.825. The second kappa shape index (κ2) is 4.22. The number of carbonyl (C=O) groups excluding carboxylic acids is 1. The summed E-state index contributed by atoms with van der Waals surface area (Å²) in [6, 6.07) is 4.37. The molecule has 1 heterocycles. The molecule has 1 N–H and O–H groups in total. The SMILES string of the molecule is Cc1cc(F)ccc1N1CC(CO)CC1=O. The monoisotopic (exact) mass is 223 g/mol. The summed E-state index contributed by atoms with van der Waals surface area (Å²) in [5.74, 6) is -0.308. The second-order valence-corrected chi connectivity index (χ2v) is 4.19. The van der Waals surface area contributed by atoms with E-state index in [9.17, 15) is 9.18 Å². The third-order valence-corrected chi connectivity index (χ3v) is 2.91. The van der Waals surface area contributed by atoms with E-state index in [4.69, 9.17) is 5.11 Å². The molecule has 1 fully saturated rings. The highest BCUT2D eigenvalue weighted by molar-refractivity contribution is 5.96. The number of aryl methyl sites for hydroxylation is 1. The molecule has 1 unspecified atom stereocenters. The van der Waals surface area contributed by atoms with Crippen LogP contribution in [0, 0.1) is 18.7 Å². The van der Waals surface area contributed by atoms with E-state index in [0.29, 0.717) is 13.0 Å². The van der Waals surface area contributed by atoms with Crippen LogP contribution in [-0.4, -0.2) is 24.2 Å².